The molecule has 3 heterocycles. The lowest BCUT2D eigenvalue weighted by atomic mass is 10.0. The summed E-state index contributed by atoms with van der Waals surface area (Å²) in [5.74, 6) is 1.15. The Morgan fingerprint density at radius 2 is 1.97 bits per heavy atom. The quantitative estimate of drug-likeness (QED) is 0.368. The van der Waals surface area contributed by atoms with Gasteiger partial charge < -0.3 is 14.1 Å². The summed E-state index contributed by atoms with van der Waals surface area (Å²) < 4.78 is 53.1. The molecule has 1 N–H and O–H groups in total. The number of sulfonamides is 1. The van der Waals surface area contributed by atoms with E-state index in [4.69, 9.17) is 9.15 Å². The van der Waals surface area contributed by atoms with Gasteiger partial charge in [0.2, 0.25) is 10.0 Å². The Morgan fingerprint density at radius 3 is 2.60 bits per heavy atom. The fourth-order valence-corrected chi connectivity index (χ4v) is 5.87. The predicted octanol–water partition coefficient (Wildman–Crippen LogP) is 5.45. The molecule has 1 saturated carbocycles. The minimum absolute atomic E-state index is 0.127. The number of hydrogen-bond donors (Lipinski definition) is 1. The number of aromatic amines is 1. The van der Waals surface area contributed by atoms with Crippen LogP contribution >= 0.6 is 0 Å². The van der Waals surface area contributed by atoms with E-state index in [9.17, 15) is 12.8 Å². The zero-order valence-corrected chi connectivity index (χ0v) is 20.1. The molecule has 2 fully saturated rings. The molecule has 2 aliphatic rings. The Hall–Kier alpha value is -3.17. The number of anilines is 1. The average Bonchev–Trinajstić information content (AvgIpc) is 3.20. The summed E-state index contributed by atoms with van der Waals surface area (Å²) >= 11 is 0. The normalized spacial score (nSPS) is 18.4. The van der Waals surface area contributed by atoms with E-state index < -0.39 is 10.0 Å². The highest BCUT2D eigenvalue weighted by atomic mass is 32.2. The summed E-state index contributed by atoms with van der Waals surface area (Å²) in [4.78, 5) is 7.61. The van der Waals surface area contributed by atoms with Crippen LogP contribution in [0.2, 0.25) is 0 Å². The number of hydrogen-bond acceptors (Lipinski definition) is 5. The van der Waals surface area contributed by atoms with E-state index in [1.807, 2.05) is 12.1 Å². The van der Waals surface area contributed by atoms with Crippen LogP contribution in [0.15, 0.2) is 53.2 Å². The Bertz CT molecular complexity index is 1470. The van der Waals surface area contributed by atoms with Crippen molar-refractivity contribution in [3.8, 4) is 22.7 Å². The standard InChI is InChI=1S/C26H26FN3O4S/c1-35(31,32)30(15-19-3-2-12-33-19)22-14-23-21(13-20(22)16-4-5-16)24(26-28-10-11-29-26)25(34-23)17-6-8-18(27)9-7-17/h6-11,13-14,16,19H,2-5,12,15H2,1H3,(H,28,29). The lowest BCUT2D eigenvalue weighted by molar-refractivity contribution is 0.118. The van der Waals surface area contributed by atoms with Crippen molar-refractivity contribution in [1.82, 2.24) is 9.97 Å². The van der Waals surface area contributed by atoms with Crippen molar-refractivity contribution >= 4 is 26.7 Å². The van der Waals surface area contributed by atoms with Gasteiger partial charge in [0, 0.05) is 36.0 Å². The lowest BCUT2D eigenvalue weighted by Gasteiger charge is -2.27. The van der Waals surface area contributed by atoms with Gasteiger partial charge in [0.15, 0.2) is 0 Å². The van der Waals surface area contributed by atoms with Gasteiger partial charge in [-0.3, -0.25) is 4.31 Å². The maximum absolute atomic E-state index is 13.6. The van der Waals surface area contributed by atoms with E-state index in [2.05, 4.69) is 9.97 Å². The molecular weight excluding hydrogens is 469 g/mol. The molecule has 1 aliphatic carbocycles. The Balaban J connectivity index is 1.57. The maximum Gasteiger partial charge on any atom is 0.232 e. The number of rotatable bonds is 7. The van der Waals surface area contributed by atoms with Gasteiger partial charge in [-0.25, -0.2) is 17.8 Å². The first-order chi connectivity index (χ1) is 16.9. The summed E-state index contributed by atoms with van der Waals surface area (Å²) in [7, 11) is -3.55. The second-order valence-electron chi connectivity index (χ2n) is 9.36. The molecule has 1 aliphatic heterocycles. The van der Waals surface area contributed by atoms with Crippen LogP contribution in [0.5, 0.6) is 0 Å². The van der Waals surface area contributed by atoms with Crippen molar-refractivity contribution in [1.29, 1.82) is 0 Å². The second kappa shape index (κ2) is 8.49. The van der Waals surface area contributed by atoms with Crippen molar-refractivity contribution in [3.05, 3.63) is 60.2 Å². The van der Waals surface area contributed by atoms with Gasteiger partial charge in [-0.2, -0.15) is 0 Å². The predicted molar refractivity (Wildman–Crippen MR) is 132 cm³/mol. The van der Waals surface area contributed by atoms with Crippen molar-refractivity contribution < 1.29 is 22.0 Å². The van der Waals surface area contributed by atoms with Crippen LogP contribution in [0, 0.1) is 5.82 Å². The Kier molecular flexibility index (Phi) is 5.41. The van der Waals surface area contributed by atoms with E-state index in [1.165, 1.54) is 22.7 Å². The largest absolute Gasteiger partial charge is 0.455 e. The van der Waals surface area contributed by atoms with Crippen LogP contribution in [-0.2, 0) is 14.8 Å². The van der Waals surface area contributed by atoms with Crippen molar-refractivity contribution in [2.75, 3.05) is 23.7 Å². The molecule has 1 atom stereocenters. The summed E-state index contributed by atoms with van der Waals surface area (Å²) in [6.45, 7) is 0.934. The van der Waals surface area contributed by atoms with Crippen LogP contribution in [0.4, 0.5) is 10.1 Å². The molecule has 1 saturated heterocycles. The number of benzene rings is 2. The summed E-state index contributed by atoms with van der Waals surface area (Å²) in [6, 6.07) is 10.00. The second-order valence-corrected chi connectivity index (χ2v) is 11.3. The number of imidazole rings is 1. The van der Waals surface area contributed by atoms with Crippen LogP contribution in [0.3, 0.4) is 0 Å². The zero-order chi connectivity index (χ0) is 24.2. The van der Waals surface area contributed by atoms with Gasteiger partial charge in [-0.15, -0.1) is 0 Å². The van der Waals surface area contributed by atoms with Gasteiger partial charge in [-0.1, -0.05) is 0 Å². The Morgan fingerprint density at radius 1 is 1.17 bits per heavy atom. The molecule has 0 radical (unpaired) electrons. The smallest absolute Gasteiger partial charge is 0.232 e. The number of halogens is 1. The third-order valence-corrected chi connectivity index (χ3v) is 7.90. The molecule has 6 rings (SSSR count). The van der Waals surface area contributed by atoms with Crippen LogP contribution in [0.25, 0.3) is 33.7 Å². The summed E-state index contributed by atoms with van der Waals surface area (Å²) in [5, 5.41) is 0.843. The molecule has 182 valence electrons. The number of ether oxygens (including phenoxy) is 1. The van der Waals surface area contributed by atoms with Crippen LogP contribution in [-0.4, -0.2) is 43.9 Å². The third-order valence-electron chi connectivity index (χ3n) is 6.76. The number of aromatic nitrogens is 2. The highest BCUT2D eigenvalue weighted by Gasteiger charge is 2.34. The van der Waals surface area contributed by atoms with E-state index in [-0.39, 0.29) is 24.4 Å². The van der Waals surface area contributed by atoms with E-state index in [1.54, 1.807) is 24.5 Å². The third kappa shape index (κ3) is 4.23. The van der Waals surface area contributed by atoms with Gasteiger partial charge in [0.25, 0.3) is 0 Å². The average molecular weight is 496 g/mol. The topological polar surface area (TPSA) is 88.4 Å². The van der Waals surface area contributed by atoms with Gasteiger partial charge in [0.1, 0.15) is 23.0 Å². The maximum atomic E-state index is 13.6. The van der Waals surface area contributed by atoms with E-state index in [0.29, 0.717) is 35.0 Å². The summed E-state index contributed by atoms with van der Waals surface area (Å²) in [5.41, 5.74) is 3.66. The molecule has 1 unspecified atom stereocenters. The number of H-pyrrole nitrogens is 1. The molecule has 2 aromatic heterocycles. The molecule has 0 bridgehead atoms. The SMILES string of the molecule is CS(=O)(=O)N(CC1CCCO1)c1cc2oc(-c3ccc(F)cc3)c(-c3ncc[nH]3)c2cc1C1CC1. The first kappa shape index (κ1) is 22.3. The zero-order valence-electron chi connectivity index (χ0n) is 19.3. The summed E-state index contributed by atoms with van der Waals surface area (Å²) in [6.07, 6.45) is 8.32. The molecular formula is C26H26FN3O4S. The molecule has 4 aromatic rings. The molecule has 35 heavy (non-hydrogen) atoms. The van der Waals surface area contributed by atoms with Crippen LogP contribution < -0.4 is 4.31 Å². The molecule has 9 heteroatoms. The monoisotopic (exact) mass is 495 g/mol. The van der Waals surface area contributed by atoms with Gasteiger partial charge >= 0.3 is 0 Å². The van der Waals surface area contributed by atoms with Gasteiger partial charge in [0.05, 0.1) is 30.2 Å². The number of furan rings is 1. The molecule has 0 spiro atoms. The molecule has 2 aromatic carbocycles. The minimum atomic E-state index is -3.55. The van der Waals surface area contributed by atoms with Gasteiger partial charge in [-0.05, 0) is 67.5 Å². The lowest BCUT2D eigenvalue weighted by Crippen LogP contribution is -2.37. The first-order valence-corrected chi connectivity index (χ1v) is 13.7. The highest BCUT2D eigenvalue weighted by molar-refractivity contribution is 7.92. The number of nitrogens with zero attached hydrogens (tertiary/aromatic N) is 2. The fourth-order valence-electron chi connectivity index (χ4n) is 4.91. The minimum Gasteiger partial charge on any atom is -0.455 e. The van der Waals surface area contributed by atoms with Crippen molar-refractivity contribution in [2.45, 2.75) is 37.7 Å². The fraction of sp³-hybridized carbons (Fsp3) is 0.346. The first-order valence-electron chi connectivity index (χ1n) is 11.8. The molecule has 0 amide bonds. The van der Waals surface area contributed by atoms with Crippen molar-refractivity contribution in [2.24, 2.45) is 0 Å². The Labute approximate surface area is 203 Å². The van der Waals surface area contributed by atoms with Crippen molar-refractivity contribution in [3.63, 3.8) is 0 Å². The highest BCUT2D eigenvalue weighted by Crippen LogP contribution is 2.49. The van der Waals surface area contributed by atoms with E-state index >= 15 is 0 Å². The van der Waals surface area contributed by atoms with Crippen LogP contribution in [0.1, 0.15) is 37.2 Å². The number of fused-ring (bicyclic) bond motifs is 1. The number of nitrogens with one attached hydrogen (secondary N) is 1. The van der Waals surface area contributed by atoms with E-state index in [0.717, 1.165) is 42.2 Å². The molecule has 7 nitrogen and oxygen atoms in total.